The van der Waals surface area contributed by atoms with Gasteiger partial charge in [0.05, 0.1) is 38.0 Å². The predicted molar refractivity (Wildman–Crippen MR) is 66.8 cm³/mol. The van der Waals surface area contributed by atoms with Crippen molar-refractivity contribution in [2.45, 2.75) is 6.54 Å². The Morgan fingerprint density at radius 1 is 1.44 bits per heavy atom. The molecule has 0 spiro atoms. The number of furan rings is 1. The highest BCUT2D eigenvalue weighted by atomic mass is 16.5. The van der Waals surface area contributed by atoms with Crippen LogP contribution in [0.2, 0.25) is 0 Å². The van der Waals surface area contributed by atoms with Crippen LogP contribution in [0.15, 0.2) is 22.8 Å². The Kier molecular flexibility index (Phi) is 5.21. The Labute approximate surface area is 107 Å². The van der Waals surface area contributed by atoms with E-state index >= 15 is 0 Å². The molecule has 0 bridgehead atoms. The third-order valence-corrected chi connectivity index (χ3v) is 3.03. The van der Waals surface area contributed by atoms with Crippen molar-refractivity contribution in [3.63, 3.8) is 0 Å². The quantitative estimate of drug-likeness (QED) is 0.809. The molecule has 1 aromatic rings. The Morgan fingerprint density at radius 3 is 2.94 bits per heavy atom. The van der Waals surface area contributed by atoms with E-state index in [1.807, 2.05) is 12.1 Å². The number of nitrogens with zero attached hydrogens (tertiary/aromatic N) is 2. The van der Waals surface area contributed by atoms with Crippen LogP contribution >= 0.6 is 0 Å². The first-order chi connectivity index (χ1) is 8.88. The molecule has 1 fully saturated rings. The molecule has 5 heteroatoms. The Balaban J connectivity index is 1.67. The lowest BCUT2D eigenvalue weighted by atomic mass is 10.1. The topological polar surface area (TPSA) is 61.4 Å². The summed E-state index contributed by atoms with van der Waals surface area (Å²) in [4.78, 5) is 2.28. The normalized spacial score (nSPS) is 18.4. The monoisotopic (exact) mass is 249 g/mol. The summed E-state index contributed by atoms with van der Waals surface area (Å²) in [6.07, 6.45) is 1.66. The van der Waals surface area contributed by atoms with Gasteiger partial charge in [-0.1, -0.05) is 0 Å². The molecule has 1 aromatic heterocycles. The smallest absolute Gasteiger partial charge is 0.117 e. The van der Waals surface area contributed by atoms with Crippen molar-refractivity contribution < 1.29 is 9.15 Å². The first-order valence-corrected chi connectivity index (χ1v) is 6.31. The molecule has 1 unspecified atom stereocenters. The summed E-state index contributed by atoms with van der Waals surface area (Å²) in [7, 11) is 0. The van der Waals surface area contributed by atoms with Crippen LogP contribution in [0, 0.1) is 17.2 Å². The molecule has 0 amide bonds. The molecule has 1 atom stereocenters. The second kappa shape index (κ2) is 7.17. The average molecular weight is 249 g/mol. The van der Waals surface area contributed by atoms with Crippen LogP contribution in [0.1, 0.15) is 5.76 Å². The van der Waals surface area contributed by atoms with Gasteiger partial charge in [-0.2, -0.15) is 5.26 Å². The fraction of sp³-hybridized carbons (Fsp3) is 0.615. The average Bonchev–Trinajstić information content (AvgIpc) is 2.92. The largest absolute Gasteiger partial charge is 0.468 e. The Hall–Kier alpha value is -1.35. The number of nitrogens with one attached hydrogen (secondary N) is 1. The molecule has 1 aliphatic heterocycles. The van der Waals surface area contributed by atoms with Gasteiger partial charge in [0.1, 0.15) is 5.76 Å². The van der Waals surface area contributed by atoms with Gasteiger partial charge in [-0.25, -0.2) is 0 Å². The van der Waals surface area contributed by atoms with Gasteiger partial charge < -0.3 is 14.5 Å². The molecule has 0 aliphatic carbocycles. The van der Waals surface area contributed by atoms with E-state index in [9.17, 15) is 0 Å². The Morgan fingerprint density at radius 2 is 2.28 bits per heavy atom. The fourth-order valence-electron chi connectivity index (χ4n) is 2.03. The lowest BCUT2D eigenvalue weighted by Crippen LogP contribution is -2.41. The summed E-state index contributed by atoms with van der Waals surface area (Å²) in [6, 6.07) is 6.15. The molecule has 0 saturated carbocycles. The third kappa shape index (κ3) is 4.15. The lowest BCUT2D eigenvalue weighted by molar-refractivity contribution is 0.0338. The minimum absolute atomic E-state index is 0.0121. The highest BCUT2D eigenvalue weighted by molar-refractivity contribution is 4.98. The molecule has 1 aliphatic rings. The zero-order valence-electron chi connectivity index (χ0n) is 10.5. The first-order valence-electron chi connectivity index (χ1n) is 6.31. The number of nitriles is 1. The number of hydrogen-bond acceptors (Lipinski definition) is 5. The van der Waals surface area contributed by atoms with Gasteiger partial charge in [-0.15, -0.1) is 0 Å². The van der Waals surface area contributed by atoms with Gasteiger partial charge in [-0.3, -0.25) is 4.90 Å². The second-order valence-electron chi connectivity index (χ2n) is 4.45. The maximum Gasteiger partial charge on any atom is 0.117 e. The van der Waals surface area contributed by atoms with E-state index in [1.54, 1.807) is 6.26 Å². The zero-order valence-corrected chi connectivity index (χ0v) is 10.5. The van der Waals surface area contributed by atoms with E-state index in [-0.39, 0.29) is 5.92 Å². The molecule has 98 valence electrons. The SMILES string of the molecule is N#CC(CNCc1ccco1)CN1CCOCC1. The molecule has 0 aromatic carbocycles. The third-order valence-electron chi connectivity index (χ3n) is 3.03. The van der Waals surface area contributed by atoms with Crippen LogP contribution in [0.4, 0.5) is 0 Å². The molecule has 2 rings (SSSR count). The van der Waals surface area contributed by atoms with Crippen molar-refractivity contribution in [1.29, 1.82) is 5.26 Å². The van der Waals surface area contributed by atoms with Gasteiger partial charge >= 0.3 is 0 Å². The molecule has 0 radical (unpaired) electrons. The summed E-state index contributed by atoms with van der Waals surface area (Å²) in [5.74, 6) is 0.913. The maximum absolute atomic E-state index is 9.14. The Bertz CT molecular complexity index is 366. The van der Waals surface area contributed by atoms with Crippen molar-refractivity contribution in [1.82, 2.24) is 10.2 Å². The van der Waals surface area contributed by atoms with Crippen molar-refractivity contribution >= 4 is 0 Å². The summed E-state index contributed by atoms with van der Waals surface area (Å²) in [6.45, 7) is 5.58. The summed E-state index contributed by atoms with van der Waals surface area (Å²) >= 11 is 0. The van der Waals surface area contributed by atoms with Crippen LogP contribution in [-0.4, -0.2) is 44.3 Å². The number of hydrogen-bond donors (Lipinski definition) is 1. The van der Waals surface area contributed by atoms with E-state index in [4.69, 9.17) is 14.4 Å². The molecule has 5 nitrogen and oxygen atoms in total. The van der Waals surface area contributed by atoms with Gasteiger partial charge in [0, 0.05) is 26.2 Å². The van der Waals surface area contributed by atoms with Crippen molar-refractivity contribution in [3.05, 3.63) is 24.2 Å². The van der Waals surface area contributed by atoms with Gasteiger partial charge in [0.25, 0.3) is 0 Å². The van der Waals surface area contributed by atoms with E-state index in [1.165, 1.54) is 0 Å². The minimum atomic E-state index is 0.0121. The van der Waals surface area contributed by atoms with Gasteiger partial charge in [0.15, 0.2) is 0 Å². The number of rotatable bonds is 6. The molecule has 1 N–H and O–H groups in total. The molecule has 18 heavy (non-hydrogen) atoms. The van der Waals surface area contributed by atoms with E-state index in [2.05, 4.69) is 16.3 Å². The first kappa shape index (κ1) is 13.1. The fourth-order valence-corrected chi connectivity index (χ4v) is 2.03. The van der Waals surface area contributed by atoms with Crippen molar-refractivity contribution in [2.24, 2.45) is 5.92 Å². The van der Waals surface area contributed by atoms with Crippen LogP contribution < -0.4 is 5.32 Å². The molecule has 1 saturated heterocycles. The lowest BCUT2D eigenvalue weighted by Gasteiger charge is -2.28. The molecular weight excluding hydrogens is 230 g/mol. The second-order valence-corrected chi connectivity index (χ2v) is 4.45. The van der Waals surface area contributed by atoms with Crippen molar-refractivity contribution in [2.75, 3.05) is 39.4 Å². The number of morpholine rings is 1. The van der Waals surface area contributed by atoms with Gasteiger partial charge in [0.2, 0.25) is 0 Å². The van der Waals surface area contributed by atoms with Crippen LogP contribution in [0.5, 0.6) is 0 Å². The zero-order chi connectivity index (χ0) is 12.6. The maximum atomic E-state index is 9.14. The van der Waals surface area contributed by atoms with Crippen LogP contribution in [0.3, 0.4) is 0 Å². The molecular formula is C13H19N3O2. The summed E-state index contributed by atoms with van der Waals surface area (Å²) in [5.41, 5.74) is 0. The van der Waals surface area contributed by atoms with E-state index < -0.39 is 0 Å². The summed E-state index contributed by atoms with van der Waals surface area (Å²) in [5, 5.41) is 12.4. The highest BCUT2D eigenvalue weighted by Gasteiger charge is 2.16. The van der Waals surface area contributed by atoms with Crippen LogP contribution in [-0.2, 0) is 11.3 Å². The predicted octanol–water partition coefficient (Wildman–Crippen LogP) is 0.841. The highest BCUT2D eigenvalue weighted by Crippen LogP contribution is 2.04. The van der Waals surface area contributed by atoms with E-state index in [0.717, 1.165) is 38.6 Å². The summed E-state index contributed by atoms with van der Waals surface area (Å²) < 4.78 is 10.5. The number of ether oxygens (including phenoxy) is 1. The minimum Gasteiger partial charge on any atom is -0.468 e. The van der Waals surface area contributed by atoms with Crippen LogP contribution in [0.25, 0.3) is 0 Å². The van der Waals surface area contributed by atoms with Gasteiger partial charge in [-0.05, 0) is 12.1 Å². The van der Waals surface area contributed by atoms with Crippen molar-refractivity contribution in [3.8, 4) is 6.07 Å². The molecule has 2 heterocycles. The standard InChI is InChI=1S/C13H19N3O2/c14-8-12(11-16-3-6-17-7-4-16)9-15-10-13-2-1-5-18-13/h1-2,5,12,15H,3-4,6-7,9-11H2. The van der Waals surface area contributed by atoms with E-state index in [0.29, 0.717) is 13.1 Å².